The van der Waals surface area contributed by atoms with Gasteiger partial charge in [-0.2, -0.15) is 8.42 Å². The van der Waals surface area contributed by atoms with E-state index < -0.39 is 23.3 Å². The normalized spacial score (nSPS) is 12.4. The van der Waals surface area contributed by atoms with Gasteiger partial charge < -0.3 is 0 Å². The fourth-order valence-corrected chi connectivity index (χ4v) is 8.92. The van der Waals surface area contributed by atoms with Gasteiger partial charge >= 0.3 is 0 Å². The van der Waals surface area contributed by atoms with Crippen molar-refractivity contribution in [2.45, 2.75) is 70.6 Å². The first-order valence-electron chi connectivity index (χ1n) is 12.9. The molecule has 3 aromatic carbocycles. The Kier molecular flexibility index (Phi) is 13.3. The lowest BCUT2D eigenvalue weighted by molar-refractivity contribution is 0.404. The zero-order chi connectivity index (χ0) is 26.3. The second-order valence-corrected chi connectivity index (χ2v) is 14.2. The molecule has 0 saturated heterocycles. The predicted octanol–water partition coefficient (Wildman–Crippen LogP) is 7.31. The Morgan fingerprint density at radius 1 is 0.667 bits per heavy atom. The lowest BCUT2D eigenvalue weighted by Crippen LogP contribution is -2.37. The van der Waals surface area contributed by atoms with Crippen molar-refractivity contribution in [1.29, 1.82) is 0 Å². The van der Waals surface area contributed by atoms with Gasteiger partial charge in [-0.25, -0.2) is 4.39 Å². The molecular formula is C30H41FO3PS+. The van der Waals surface area contributed by atoms with Gasteiger partial charge in [0.15, 0.2) is 0 Å². The second-order valence-electron chi connectivity index (χ2n) is 9.16. The zero-order valence-electron chi connectivity index (χ0n) is 21.6. The van der Waals surface area contributed by atoms with Gasteiger partial charge in [0.25, 0.3) is 10.1 Å². The molecule has 0 radical (unpaired) electrons. The molecule has 0 aromatic heterocycles. The molecule has 3 nitrogen and oxygen atoms in total. The van der Waals surface area contributed by atoms with E-state index in [2.05, 4.69) is 79.7 Å². The number of hydrogen-bond donors (Lipinski definition) is 1. The van der Waals surface area contributed by atoms with Gasteiger partial charge in [-0.05, 0) is 42.8 Å². The number of halogens is 1. The van der Waals surface area contributed by atoms with Crippen LogP contribution >= 0.6 is 7.26 Å². The quantitative estimate of drug-likeness (QED) is 0.143. The van der Waals surface area contributed by atoms with Crippen molar-refractivity contribution in [3.63, 3.8) is 0 Å². The highest BCUT2D eigenvalue weighted by molar-refractivity contribution is 7.96. The molecule has 0 aliphatic carbocycles. The zero-order valence-corrected chi connectivity index (χ0v) is 23.3. The molecule has 0 bridgehead atoms. The lowest BCUT2D eigenvalue weighted by atomic mass is 10.1. The highest BCUT2D eigenvalue weighted by Crippen LogP contribution is 2.61. The van der Waals surface area contributed by atoms with Crippen LogP contribution in [0.5, 0.6) is 0 Å². The third kappa shape index (κ3) is 9.76. The third-order valence-electron chi connectivity index (χ3n) is 6.21. The summed E-state index contributed by atoms with van der Waals surface area (Å²) < 4.78 is 42.4. The predicted molar refractivity (Wildman–Crippen MR) is 155 cm³/mol. The average molecular weight is 532 g/mol. The second kappa shape index (κ2) is 15.9. The summed E-state index contributed by atoms with van der Waals surface area (Å²) in [6.07, 6.45) is 11.2. The Balaban J connectivity index is 0.000000830. The molecule has 1 unspecified atom stereocenters. The molecule has 6 heteroatoms. The summed E-state index contributed by atoms with van der Waals surface area (Å²) in [6.45, 7) is 2.25. The molecule has 3 rings (SSSR count). The highest BCUT2D eigenvalue weighted by atomic mass is 32.2. The average Bonchev–Trinajstić information content (AvgIpc) is 2.87. The van der Waals surface area contributed by atoms with Gasteiger partial charge in [-0.1, -0.05) is 106 Å². The summed E-state index contributed by atoms with van der Waals surface area (Å²) in [5.41, 5.74) is 0. The number of hydrogen-bond acceptors (Lipinski definition) is 2. The Hall–Kier alpha value is -2.07. The fraction of sp³-hybridized carbons (Fsp3) is 0.400. The molecule has 0 spiro atoms. The van der Waals surface area contributed by atoms with E-state index in [4.69, 9.17) is 4.55 Å². The minimum atomic E-state index is -3.67. The van der Waals surface area contributed by atoms with Crippen LogP contribution in [0.25, 0.3) is 0 Å². The monoisotopic (exact) mass is 531 g/mol. The number of unbranched alkanes of at least 4 members (excludes halogenated alkanes) is 7. The van der Waals surface area contributed by atoms with Crippen LogP contribution in [0.15, 0.2) is 91.0 Å². The first-order valence-corrected chi connectivity index (χ1v) is 16.6. The van der Waals surface area contributed by atoms with Crippen molar-refractivity contribution in [3.05, 3.63) is 91.0 Å². The Morgan fingerprint density at radius 3 is 1.31 bits per heavy atom. The van der Waals surface area contributed by atoms with Gasteiger partial charge in [0.2, 0.25) is 5.91 Å². The molecule has 0 heterocycles. The Bertz CT molecular complexity index is 972. The van der Waals surface area contributed by atoms with Crippen LogP contribution < -0.4 is 15.9 Å². The van der Waals surface area contributed by atoms with E-state index in [0.29, 0.717) is 12.7 Å². The van der Waals surface area contributed by atoms with Gasteiger partial charge in [0.05, 0.1) is 6.26 Å². The van der Waals surface area contributed by atoms with Crippen LogP contribution in [-0.4, -0.2) is 25.1 Å². The molecule has 36 heavy (non-hydrogen) atoms. The summed E-state index contributed by atoms with van der Waals surface area (Å²) in [5, 5.41) is 3.42. The van der Waals surface area contributed by atoms with E-state index in [1.165, 1.54) is 38.5 Å². The van der Waals surface area contributed by atoms with Gasteiger partial charge in [0, 0.05) is 6.42 Å². The van der Waals surface area contributed by atoms with Crippen LogP contribution in [-0.2, 0) is 10.1 Å². The Morgan fingerprint density at radius 2 is 0.972 bits per heavy atom. The summed E-state index contributed by atoms with van der Waals surface area (Å²) in [5.74, 6) is -0.875. The molecule has 0 saturated carbocycles. The summed E-state index contributed by atoms with van der Waals surface area (Å²) in [6, 6.07) is 31.2. The van der Waals surface area contributed by atoms with Crippen molar-refractivity contribution in [3.8, 4) is 0 Å². The molecule has 0 aliphatic rings. The number of benzene rings is 3. The molecule has 0 aliphatic heterocycles. The van der Waals surface area contributed by atoms with Gasteiger partial charge in [0.1, 0.15) is 23.2 Å². The van der Waals surface area contributed by atoms with E-state index in [0.717, 1.165) is 28.8 Å². The first kappa shape index (κ1) is 30.2. The van der Waals surface area contributed by atoms with Crippen molar-refractivity contribution in [2.75, 3.05) is 6.26 Å². The number of alkyl halides is 1. The molecule has 3 aromatic rings. The van der Waals surface area contributed by atoms with Crippen LogP contribution in [0.2, 0.25) is 0 Å². The maximum absolute atomic E-state index is 16.5. The maximum atomic E-state index is 16.5. The molecular weight excluding hydrogens is 490 g/mol. The van der Waals surface area contributed by atoms with Crippen molar-refractivity contribution in [2.24, 2.45) is 0 Å². The number of rotatable bonds is 13. The minimum Gasteiger partial charge on any atom is -0.286 e. The van der Waals surface area contributed by atoms with Crippen LogP contribution in [0.3, 0.4) is 0 Å². The first-order chi connectivity index (χ1) is 17.3. The topological polar surface area (TPSA) is 54.4 Å². The van der Waals surface area contributed by atoms with Crippen LogP contribution in [0, 0.1) is 0 Å². The molecule has 1 N–H and O–H groups in total. The van der Waals surface area contributed by atoms with Gasteiger partial charge in [-0.15, -0.1) is 0 Å². The smallest absolute Gasteiger partial charge is 0.261 e. The molecule has 196 valence electrons. The Labute approximate surface area is 218 Å². The van der Waals surface area contributed by atoms with E-state index in [9.17, 15) is 8.42 Å². The van der Waals surface area contributed by atoms with E-state index in [-0.39, 0.29) is 0 Å². The van der Waals surface area contributed by atoms with E-state index in [1.54, 1.807) is 0 Å². The molecule has 0 amide bonds. The standard InChI is InChI=1S/C29H37FP.CH4O3S/c1-2-3-4-5-6-7-8-18-25-29(30)31(26-19-12-9-13-20-26,27-21-14-10-15-22-27)28-23-16-11-17-24-28;1-5(2,3)4/h9-17,19-24,29H,2-8,18,25H2,1H3;1H3,(H,2,3,4)/q+1;. The third-order valence-corrected chi connectivity index (χ3v) is 10.6. The molecule has 0 fully saturated rings. The largest absolute Gasteiger partial charge is 0.286 e. The maximum Gasteiger partial charge on any atom is 0.261 e. The summed E-state index contributed by atoms with van der Waals surface area (Å²) >= 11 is 0. The summed E-state index contributed by atoms with van der Waals surface area (Å²) in [4.78, 5) is 0. The van der Waals surface area contributed by atoms with Crippen LogP contribution in [0.1, 0.15) is 64.7 Å². The van der Waals surface area contributed by atoms with Gasteiger partial charge in [-0.3, -0.25) is 4.55 Å². The summed E-state index contributed by atoms with van der Waals surface area (Å²) in [7, 11) is -6.05. The molecule has 1 atom stereocenters. The fourth-order valence-electron chi connectivity index (χ4n) is 4.56. The van der Waals surface area contributed by atoms with E-state index in [1.807, 2.05) is 18.2 Å². The lowest BCUT2D eigenvalue weighted by Gasteiger charge is -2.30. The van der Waals surface area contributed by atoms with Crippen molar-refractivity contribution < 1.29 is 17.4 Å². The highest BCUT2D eigenvalue weighted by Gasteiger charge is 2.52. The van der Waals surface area contributed by atoms with Crippen molar-refractivity contribution >= 4 is 33.3 Å². The SMILES string of the molecule is CCCCCCCCCCC(F)[P+](c1ccccc1)(c1ccccc1)c1ccccc1.CS(=O)(=O)O. The van der Waals surface area contributed by atoms with Crippen LogP contribution in [0.4, 0.5) is 4.39 Å². The van der Waals surface area contributed by atoms with Crippen molar-refractivity contribution in [1.82, 2.24) is 0 Å². The van der Waals surface area contributed by atoms with E-state index >= 15 is 4.39 Å². The minimum absolute atomic E-state index is 0.626.